The molecule has 0 aliphatic carbocycles. The molecule has 1 amide bonds. The minimum absolute atomic E-state index is 0.226. The number of carbonyl (C=O) groups excluding carboxylic acids is 2. The first-order valence-corrected chi connectivity index (χ1v) is 8.01. The normalized spacial score (nSPS) is 20.8. The van der Waals surface area contributed by atoms with Crippen LogP contribution >= 0.6 is 0 Å². The Balaban J connectivity index is 2.32. The number of hydrogen-bond acceptors (Lipinski definition) is 5. The molecule has 6 nitrogen and oxygen atoms in total. The molecule has 0 N–H and O–H groups in total. The van der Waals surface area contributed by atoms with Gasteiger partial charge in [0.1, 0.15) is 17.5 Å². The molecule has 132 valence electrons. The fraction of sp³-hybridized carbons (Fsp3) is 0.588. The smallest absolute Gasteiger partial charge is 0.411 e. The highest BCUT2D eigenvalue weighted by Crippen LogP contribution is 2.37. The van der Waals surface area contributed by atoms with Crippen LogP contribution in [0, 0.1) is 5.82 Å². The molecule has 0 radical (unpaired) electrons. The number of likely N-dealkylation sites (tertiary alicyclic amines) is 1. The van der Waals surface area contributed by atoms with Crippen LogP contribution in [0.5, 0.6) is 0 Å². The van der Waals surface area contributed by atoms with Gasteiger partial charge in [-0.2, -0.15) is 0 Å². The van der Waals surface area contributed by atoms with Crippen LogP contribution in [0.3, 0.4) is 0 Å². The zero-order valence-corrected chi connectivity index (χ0v) is 14.4. The summed E-state index contributed by atoms with van der Waals surface area (Å²) in [5.74, 6) is -0.966. The van der Waals surface area contributed by atoms with E-state index in [4.69, 9.17) is 9.47 Å². The lowest BCUT2D eigenvalue weighted by Gasteiger charge is -2.31. The fourth-order valence-electron chi connectivity index (χ4n) is 2.79. The van der Waals surface area contributed by atoms with Crippen molar-refractivity contribution in [2.75, 3.05) is 6.61 Å². The third-order valence-electron chi connectivity index (χ3n) is 3.66. The van der Waals surface area contributed by atoms with E-state index in [1.165, 1.54) is 17.2 Å². The van der Waals surface area contributed by atoms with Gasteiger partial charge >= 0.3 is 12.1 Å². The van der Waals surface area contributed by atoms with E-state index in [-0.39, 0.29) is 6.61 Å². The van der Waals surface area contributed by atoms with Crippen molar-refractivity contribution >= 4 is 12.1 Å². The van der Waals surface area contributed by atoms with Crippen molar-refractivity contribution in [2.45, 2.75) is 58.2 Å². The molecule has 2 rings (SSSR count). The number of amides is 1. The Bertz CT molecular complexity index is 615. The Morgan fingerprint density at radius 2 is 2.04 bits per heavy atom. The summed E-state index contributed by atoms with van der Waals surface area (Å²) in [7, 11) is 0. The van der Waals surface area contributed by atoms with E-state index in [2.05, 4.69) is 4.98 Å². The summed E-state index contributed by atoms with van der Waals surface area (Å²) >= 11 is 0. The number of esters is 1. The van der Waals surface area contributed by atoms with Crippen molar-refractivity contribution in [1.29, 1.82) is 0 Å². The van der Waals surface area contributed by atoms with E-state index in [1.54, 1.807) is 27.7 Å². The summed E-state index contributed by atoms with van der Waals surface area (Å²) in [5.41, 5.74) is -0.170. The first-order chi connectivity index (χ1) is 11.2. The molecule has 0 unspecified atom stereocenters. The molecule has 0 spiro atoms. The van der Waals surface area contributed by atoms with Gasteiger partial charge in [-0.15, -0.1) is 0 Å². The summed E-state index contributed by atoms with van der Waals surface area (Å²) < 4.78 is 24.0. The first-order valence-electron chi connectivity index (χ1n) is 8.01. The average molecular weight is 338 g/mol. The molecule has 1 aliphatic heterocycles. The van der Waals surface area contributed by atoms with E-state index in [0.717, 1.165) is 6.20 Å². The van der Waals surface area contributed by atoms with Crippen LogP contribution in [-0.4, -0.2) is 40.2 Å². The minimum atomic E-state index is -0.743. The van der Waals surface area contributed by atoms with E-state index >= 15 is 0 Å². The van der Waals surface area contributed by atoms with Crippen LogP contribution in [0.15, 0.2) is 18.5 Å². The number of ether oxygens (including phenoxy) is 2. The second-order valence-corrected chi connectivity index (χ2v) is 6.69. The highest BCUT2D eigenvalue weighted by atomic mass is 19.1. The molecule has 1 aromatic heterocycles. The number of halogens is 1. The van der Waals surface area contributed by atoms with Crippen molar-refractivity contribution in [2.24, 2.45) is 0 Å². The van der Waals surface area contributed by atoms with Crippen LogP contribution in [-0.2, 0) is 14.3 Å². The molecule has 24 heavy (non-hydrogen) atoms. The van der Waals surface area contributed by atoms with Crippen LogP contribution in [0.25, 0.3) is 0 Å². The molecule has 0 aromatic carbocycles. The lowest BCUT2D eigenvalue weighted by molar-refractivity contribution is -0.148. The summed E-state index contributed by atoms with van der Waals surface area (Å²) in [5, 5.41) is 0. The number of pyridine rings is 1. The topological polar surface area (TPSA) is 68.7 Å². The zero-order chi connectivity index (χ0) is 17.9. The Hall–Kier alpha value is -2.18. The van der Waals surface area contributed by atoms with Crippen LogP contribution < -0.4 is 0 Å². The van der Waals surface area contributed by atoms with Crippen LogP contribution in [0.1, 0.15) is 52.1 Å². The van der Waals surface area contributed by atoms with E-state index in [1.807, 2.05) is 0 Å². The Morgan fingerprint density at radius 3 is 2.62 bits per heavy atom. The lowest BCUT2D eigenvalue weighted by atomic mass is 10.1. The van der Waals surface area contributed by atoms with Gasteiger partial charge in [-0.1, -0.05) is 0 Å². The number of rotatable bonds is 3. The molecule has 1 aliphatic rings. The molecule has 0 saturated carbocycles. The van der Waals surface area contributed by atoms with E-state index in [9.17, 15) is 14.0 Å². The average Bonchev–Trinajstić information content (AvgIpc) is 2.90. The number of nitrogens with zero attached hydrogens (tertiary/aromatic N) is 2. The number of hydrogen-bond donors (Lipinski definition) is 0. The Labute approximate surface area is 141 Å². The molecule has 2 atom stereocenters. The molecule has 0 bridgehead atoms. The minimum Gasteiger partial charge on any atom is -0.464 e. The van der Waals surface area contributed by atoms with E-state index < -0.39 is 35.6 Å². The van der Waals surface area contributed by atoms with Gasteiger partial charge in [-0.3, -0.25) is 9.88 Å². The van der Waals surface area contributed by atoms with Crippen molar-refractivity contribution in [3.63, 3.8) is 0 Å². The molecule has 2 heterocycles. The first kappa shape index (κ1) is 18.2. The summed E-state index contributed by atoms with van der Waals surface area (Å²) in [6.45, 7) is 7.18. The quantitative estimate of drug-likeness (QED) is 0.792. The van der Waals surface area contributed by atoms with Gasteiger partial charge in [0.15, 0.2) is 0 Å². The van der Waals surface area contributed by atoms with Gasteiger partial charge in [-0.25, -0.2) is 14.0 Å². The summed E-state index contributed by atoms with van der Waals surface area (Å²) in [6, 6.07) is 0.105. The SMILES string of the molecule is CCOC(=O)[C@@H]1CC[C@H](c2cncc(F)c2)N1C(=O)OC(C)(C)C. The lowest BCUT2D eigenvalue weighted by Crippen LogP contribution is -2.45. The number of carbonyl (C=O) groups is 2. The Kier molecular flexibility index (Phi) is 5.41. The van der Waals surface area contributed by atoms with E-state index in [0.29, 0.717) is 18.4 Å². The van der Waals surface area contributed by atoms with Crippen molar-refractivity contribution < 1.29 is 23.5 Å². The zero-order valence-electron chi connectivity index (χ0n) is 14.4. The van der Waals surface area contributed by atoms with Crippen LogP contribution in [0.2, 0.25) is 0 Å². The predicted octanol–water partition coefficient (Wildman–Crippen LogP) is 3.22. The summed E-state index contributed by atoms with van der Waals surface area (Å²) in [6.07, 6.45) is 2.91. The third-order valence-corrected chi connectivity index (χ3v) is 3.66. The van der Waals surface area contributed by atoms with Gasteiger partial charge in [0.2, 0.25) is 0 Å². The standard InChI is InChI=1S/C17H23FN2O4/c1-5-23-15(21)14-7-6-13(11-8-12(18)10-19-9-11)20(14)16(22)24-17(2,3)4/h8-10,13-14H,5-7H2,1-4H3/t13-,14+/m1/s1. The third kappa shape index (κ3) is 4.21. The summed E-state index contributed by atoms with van der Waals surface area (Å²) in [4.78, 5) is 30.0. The molecule has 1 aromatic rings. The molecule has 1 fully saturated rings. The van der Waals surface area contributed by atoms with Gasteiger partial charge in [-0.05, 0) is 52.2 Å². The van der Waals surface area contributed by atoms with Gasteiger partial charge in [0, 0.05) is 6.20 Å². The highest BCUT2D eigenvalue weighted by Gasteiger charge is 2.44. The monoisotopic (exact) mass is 338 g/mol. The van der Waals surface area contributed by atoms with Crippen molar-refractivity contribution in [1.82, 2.24) is 9.88 Å². The molecule has 7 heteroatoms. The molecule has 1 saturated heterocycles. The molecular weight excluding hydrogens is 315 g/mol. The van der Waals surface area contributed by atoms with Gasteiger partial charge < -0.3 is 9.47 Å². The molecular formula is C17H23FN2O4. The predicted molar refractivity (Wildman–Crippen MR) is 84.7 cm³/mol. The van der Waals surface area contributed by atoms with Crippen molar-refractivity contribution in [3.05, 3.63) is 29.8 Å². The maximum absolute atomic E-state index is 13.5. The fourth-order valence-corrected chi connectivity index (χ4v) is 2.79. The second-order valence-electron chi connectivity index (χ2n) is 6.69. The van der Waals surface area contributed by atoms with Crippen molar-refractivity contribution in [3.8, 4) is 0 Å². The number of aromatic nitrogens is 1. The largest absolute Gasteiger partial charge is 0.464 e. The Morgan fingerprint density at radius 1 is 1.33 bits per heavy atom. The van der Waals surface area contributed by atoms with Crippen LogP contribution in [0.4, 0.5) is 9.18 Å². The van der Waals surface area contributed by atoms with Gasteiger partial charge in [0.25, 0.3) is 0 Å². The van der Waals surface area contributed by atoms with Gasteiger partial charge in [0.05, 0.1) is 18.8 Å². The highest BCUT2D eigenvalue weighted by molar-refractivity contribution is 5.82. The second kappa shape index (κ2) is 7.15. The maximum atomic E-state index is 13.5. The maximum Gasteiger partial charge on any atom is 0.411 e.